The number of nitrogens with zero attached hydrogens (tertiary/aromatic N) is 1. The summed E-state index contributed by atoms with van der Waals surface area (Å²) in [6.45, 7) is 5.01. The number of hydrogen-bond acceptors (Lipinski definition) is 1. The standard InChI is InChI=1S/C8H16Cl3N2OP/c1-2-5-12-15(14,8-11)13(6-3-9)7-4-10/h2H,1,3-8H2,(H,12,14). The van der Waals surface area contributed by atoms with Crippen molar-refractivity contribution in [1.29, 1.82) is 0 Å². The third kappa shape index (κ3) is 5.58. The molecule has 15 heavy (non-hydrogen) atoms. The highest BCUT2D eigenvalue weighted by atomic mass is 35.5. The van der Waals surface area contributed by atoms with Gasteiger partial charge in [-0.25, -0.2) is 4.67 Å². The summed E-state index contributed by atoms with van der Waals surface area (Å²) in [6, 6.07) is 0. The first-order valence-corrected chi connectivity index (χ1v) is 7.98. The van der Waals surface area contributed by atoms with Gasteiger partial charge in [0.15, 0.2) is 0 Å². The zero-order valence-electron chi connectivity index (χ0n) is 8.46. The topological polar surface area (TPSA) is 32.3 Å². The van der Waals surface area contributed by atoms with Crippen LogP contribution in [0.1, 0.15) is 0 Å². The summed E-state index contributed by atoms with van der Waals surface area (Å²) >= 11 is 17.0. The van der Waals surface area contributed by atoms with Crippen LogP contribution >= 0.6 is 42.2 Å². The molecule has 0 aromatic heterocycles. The maximum Gasteiger partial charge on any atom is 0.228 e. The smallest absolute Gasteiger partial charge is 0.228 e. The van der Waals surface area contributed by atoms with E-state index < -0.39 is 7.44 Å². The van der Waals surface area contributed by atoms with Gasteiger partial charge in [0.1, 0.15) is 5.62 Å². The van der Waals surface area contributed by atoms with Crippen LogP contribution in [0, 0.1) is 0 Å². The van der Waals surface area contributed by atoms with Crippen LogP contribution in [0.4, 0.5) is 0 Å². The molecule has 0 saturated heterocycles. The minimum absolute atomic E-state index is 0.0363. The Bertz CT molecular complexity index is 222. The molecule has 7 heteroatoms. The van der Waals surface area contributed by atoms with Gasteiger partial charge in [0.2, 0.25) is 7.44 Å². The minimum atomic E-state index is -2.75. The highest BCUT2D eigenvalue weighted by molar-refractivity contribution is 7.61. The van der Waals surface area contributed by atoms with Gasteiger partial charge in [-0.15, -0.1) is 41.4 Å². The minimum Gasteiger partial charge on any atom is -0.288 e. The predicted octanol–water partition coefficient (Wildman–Crippen LogP) is 2.93. The van der Waals surface area contributed by atoms with Crippen LogP contribution in [0.5, 0.6) is 0 Å². The van der Waals surface area contributed by atoms with E-state index in [1.807, 2.05) is 0 Å². The van der Waals surface area contributed by atoms with Crippen molar-refractivity contribution >= 4 is 42.2 Å². The average molecular weight is 294 g/mol. The van der Waals surface area contributed by atoms with Gasteiger partial charge in [-0.3, -0.25) is 9.65 Å². The predicted molar refractivity (Wildman–Crippen MR) is 69.5 cm³/mol. The summed E-state index contributed by atoms with van der Waals surface area (Å²) in [5, 5.41) is 2.88. The Hall–Kier alpha value is 0.760. The van der Waals surface area contributed by atoms with Crippen LogP contribution in [0.15, 0.2) is 12.7 Å². The largest absolute Gasteiger partial charge is 0.288 e. The molecular weight excluding hydrogens is 277 g/mol. The fourth-order valence-corrected chi connectivity index (χ4v) is 4.10. The highest BCUT2D eigenvalue weighted by Gasteiger charge is 2.27. The van der Waals surface area contributed by atoms with E-state index in [2.05, 4.69) is 11.7 Å². The summed E-state index contributed by atoms with van der Waals surface area (Å²) in [6.07, 6.45) is 1.64. The summed E-state index contributed by atoms with van der Waals surface area (Å²) in [5.41, 5.74) is 0.0363. The van der Waals surface area contributed by atoms with E-state index in [1.165, 1.54) is 0 Å². The Morgan fingerprint density at radius 1 is 1.27 bits per heavy atom. The molecule has 0 rings (SSSR count). The van der Waals surface area contributed by atoms with E-state index >= 15 is 0 Å². The molecule has 0 bridgehead atoms. The average Bonchev–Trinajstić information content (AvgIpc) is 2.25. The Kier molecular flexibility index (Phi) is 9.31. The molecule has 0 saturated carbocycles. The lowest BCUT2D eigenvalue weighted by molar-refractivity contribution is 0.440. The molecule has 0 aromatic rings. The molecule has 0 fully saturated rings. The molecular formula is C8H16Cl3N2OP. The van der Waals surface area contributed by atoms with Crippen LogP contribution in [-0.2, 0) is 4.57 Å². The molecule has 0 amide bonds. The zero-order chi connectivity index (χ0) is 11.7. The van der Waals surface area contributed by atoms with E-state index in [0.717, 1.165) is 0 Å². The molecule has 3 nitrogen and oxygen atoms in total. The van der Waals surface area contributed by atoms with Gasteiger partial charge in [-0.05, 0) is 0 Å². The molecule has 1 unspecified atom stereocenters. The lowest BCUT2D eigenvalue weighted by atomic mass is 10.6. The zero-order valence-corrected chi connectivity index (χ0v) is 11.6. The second-order valence-corrected chi connectivity index (χ2v) is 6.80. The van der Waals surface area contributed by atoms with Crippen LogP contribution in [0.25, 0.3) is 0 Å². The molecule has 0 aliphatic carbocycles. The SMILES string of the molecule is C=CCNP(=O)(CCl)N(CCCl)CCCl. The monoisotopic (exact) mass is 292 g/mol. The van der Waals surface area contributed by atoms with E-state index in [4.69, 9.17) is 34.8 Å². The fourth-order valence-electron chi connectivity index (χ4n) is 1.06. The van der Waals surface area contributed by atoms with Crippen molar-refractivity contribution in [3.8, 4) is 0 Å². The summed E-state index contributed by atoms with van der Waals surface area (Å²) < 4.78 is 14.1. The molecule has 1 N–H and O–H groups in total. The van der Waals surface area contributed by atoms with Gasteiger partial charge in [-0.1, -0.05) is 6.08 Å². The Balaban J connectivity index is 4.52. The van der Waals surface area contributed by atoms with Crippen molar-refractivity contribution in [1.82, 2.24) is 9.76 Å². The van der Waals surface area contributed by atoms with E-state index in [9.17, 15) is 4.57 Å². The number of hydrogen-bond donors (Lipinski definition) is 1. The van der Waals surface area contributed by atoms with Crippen LogP contribution in [-0.4, -0.2) is 41.7 Å². The lowest BCUT2D eigenvalue weighted by Gasteiger charge is -2.29. The normalized spacial score (nSPS) is 15.2. The van der Waals surface area contributed by atoms with Gasteiger partial charge in [0.25, 0.3) is 0 Å². The summed E-state index contributed by atoms with van der Waals surface area (Å²) in [5.74, 6) is 0.793. The van der Waals surface area contributed by atoms with Crippen molar-refractivity contribution < 1.29 is 4.57 Å². The Morgan fingerprint density at radius 2 is 1.80 bits per heavy atom. The molecule has 0 spiro atoms. The van der Waals surface area contributed by atoms with E-state index in [0.29, 0.717) is 31.4 Å². The molecule has 0 aliphatic heterocycles. The van der Waals surface area contributed by atoms with Crippen molar-refractivity contribution in [2.24, 2.45) is 0 Å². The second-order valence-electron chi connectivity index (χ2n) is 2.80. The number of rotatable bonds is 9. The first-order chi connectivity index (χ1) is 7.14. The summed E-state index contributed by atoms with van der Waals surface area (Å²) in [4.78, 5) is 0. The van der Waals surface area contributed by atoms with Gasteiger partial charge >= 0.3 is 0 Å². The third-order valence-electron chi connectivity index (χ3n) is 1.79. The molecule has 0 heterocycles. The molecule has 90 valence electrons. The van der Waals surface area contributed by atoms with E-state index in [-0.39, 0.29) is 5.62 Å². The van der Waals surface area contributed by atoms with Crippen molar-refractivity contribution in [3.05, 3.63) is 12.7 Å². The first kappa shape index (κ1) is 15.8. The quantitative estimate of drug-likeness (QED) is 0.403. The number of alkyl halides is 3. The van der Waals surface area contributed by atoms with Crippen molar-refractivity contribution in [2.75, 3.05) is 37.0 Å². The fraction of sp³-hybridized carbons (Fsp3) is 0.750. The van der Waals surface area contributed by atoms with Gasteiger partial charge in [0.05, 0.1) is 0 Å². The molecule has 0 radical (unpaired) electrons. The maximum atomic E-state index is 12.3. The van der Waals surface area contributed by atoms with Crippen molar-refractivity contribution in [3.63, 3.8) is 0 Å². The van der Waals surface area contributed by atoms with Gasteiger partial charge in [-0.2, -0.15) is 0 Å². The Labute approximate surface area is 106 Å². The van der Waals surface area contributed by atoms with Crippen LogP contribution < -0.4 is 5.09 Å². The van der Waals surface area contributed by atoms with E-state index in [1.54, 1.807) is 10.7 Å². The highest BCUT2D eigenvalue weighted by Crippen LogP contribution is 2.45. The molecule has 0 aromatic carbocycles. The van der Waals surface area contributed by atoms with Crippen LogP contribution in [0.2, 0.25) is 0 Å². The molecule has 0 aliphatic rings. The van der Waals surface area contributed by atoms with Gasteiger partial charge in [0, 0.05) is 31.4 Å². The Morgan fingerprint density at radius 3 is 2.13 bits per heavy atom. The second kappa shape index (κ2) is 8.86. The number of halogens is 3. The first-order valence-electron chi connectivity index (χ1n) is 4.53. The third-order valence-corrected chi connectivity index (χ3v) is 5.41. The maximum absolute atomic E-state index is 12.3. The van der Waals surface area contributed by atoms with Crippen LogP contribution in [0.3, 0.4) is 0 Å². The lowest BCUT2D eigenvalue weighted by Crippen LogP contribution is -2.32. The number of nitrogens with one attached hydrogen (secondary N) is 1. The van der Waals surface area contributed by atoms with Crippen molar-refractivity contribution in [2.45, 2.75) is 0 Å². The summed E-state index contributed by atoms with van der Waals surface area (Å²) in [7, 11) is -2.75. The molecule has 1 atom stereocenters. The van der Waals surface area contributed by atoms with Gasteiger partial charge < -0.3 is 0 Å².